The number of nitrogens with one attached hydrogen (secondary N) is 1. The van der Waals surface area contributed by atoms with Crippen LogP contribution < -0.4 is 15.2 Å². The van der Waals surface area contributed by atoms with Gasteiger partial charge >= 0.3 is 0 Å². The highest BCUT2D eigenvalue weighted by molar-refractivity contribution is 7.92. The van der Waals surface area contributed by atoms with Crippen molar-refractivity contribution in [3.05, 3.63) is 54.1 Å². The molecule has 0 aliphatic carbocycles. The van der Waals surface area contributed by atoms with E-state index in [-0.39, 0.29) is 11.4 Å². The predicted octanol–water partition coefficient (Wildman–Crippen LogP) is 2.34. The molecule has 112 valence electrons. The van der Waals surface area contributed by atoms with Crippen molar-refractivity contribution < 1.29 is 13.2 Å². The number of nitrogens with two attached hydrogens (primary N) is 1. The third kappa shape index (κ3) is 3.74. The van der Waals surface area contributed by atoms with Gasteiger partial charge < -0.3 is 10.5 Å². The number of sulfonamides is 1. The first kappa shape index (κ1) is 15.3. The standard InChI is InChI=1S/C15H18N2O3S/c1-2-20-15-9-8-14(10-12(15)11-16)21(18,19)17-13-6-4-3-5-7-13/h3-10,17H,2,11,16H2,1H3. The first-order chi connectivity index (χ1) is 10.1. The summed E-state index contributed by atoms with van der Waals surface area (Å²) < 4.78 is 32.6. The smallest absolute Gasteiger partial charge is 0.261 e. The summed E-state index contributed by atoms with van der Waals surface area (Å²) in [5.74, 6) is 0.610. The Kier molecular flexibility index (Phi) is 4.82. The Morgan fingerprint density at radius 2 is 1.86 bits per heavy atom. The SMILES string of the molecule is CCOc1ccc(S(=O)(=O)Nc2ccccc2)cc1CN. The Bertz CT molecular complexity index is 700. The number of benzene rings is 2. The predicted molar refractivity (Wildman–Crippen MR) is 82.8 cm³/mol. The Labute approximate surface area is 124 Å². The Hall–Kier alpha value is -2.05. The second kappa shape index (κ2) is 6.60. The van der Waals surface area contributed by atoms with Crippen molar-refractivity contribution in [2.75, 3.05) is 11.3 Å². The largest absolute Gasteiger partial charge is 0.494 e. The van der Waals surface area contributed by atoms with Gasteiger partial charge in [0.1, 0.15) is 5.75 Å². The fourth-order valence-electron chi connectivity index (χ4n) is 1.90. The lowest BCUT2D eigenvalue weighted by Gasteiger charge is -2.12. The minimum Gasteiger partial charge on any atom is -0.494 e. The van der Waals surface area contributed by atoms with Crippen LogP contribution in [0.5, 0.6) is 5.75 Å². The summed E-state index contributed by atoms with van der Waals surface area (Å²) in [7, 11) is -3.64. The summed E-state index contributed by atoms with van der Waals surface area (Å²) in [6, 6.07) is 13.4. The molecule has 0 aliphatic rings. The normalized spacial score (nSPS) is 11.1. The van der Waals surface area contributed by atoms with E-state index < -0.39 is 10.0 Å². The molecule has 0 heterocycles. The summed E-state index contributed by atoms with van der Waals surface area (Å²) in [5.41, 5.74) is 6.82. The maximum Gasteiger partial charge on any atom is 0.261 e. The van der Waals surface area contributed by atoms with Crippen molar-refractivity contribution in [2.45, 2.75) is 18.4 Å². The molecule has 0 atom stereocenters. The molecule has 5 nitrogen and oxygen atoms in total. The molecule has 0 amide bonds. The molecule has 2 rings (SSSR count). The van der Waals surface area contributed by atoms with E-state index in [9.17, 15) is 8.42 Å². The van der Waals surface area contributed by atoms with Gasteiger partial charge in [0.25, 0.3) is 10.0 Å². The maximum absolute atomic E-state index is 12.3. The van der Waals surface area contributed by atoms with E-state index in [4.69, 9.17) is 10.5 Å². The van der Waals surface area contributed by atoms with Crippen LogP contribution in [0.15, 0.2) is 53.4 Å². The lowest BCUT2D eigenvalue weighted by atomic mass is 10.2. The third-order valence-electron chi connectivity index (χ3n) is 2.89. The van der Waals surface area contributed by atoms with E-state index in [0.717, 1.165) is 0 Å². The van der Waals surface area contributed by atoms with E-state index in [1.807, 2.05) is 13.0 Å². The summed E-state index contributed by atoms with van der Waals surface area (Å²) >= 11 is 0. The molecular formula is C15H18N2O3S. The Morgan fingerprint density at radius 1 is 1.14 bits per heavy atom. The number of para-hydroxylation sites is 1. The molecule has 0 bridgehead atoms. The van der Waals surface area contributed by atoms with Crippen molar-refractivity contribution in [2.24, 2.45) is 5.73 Å². The van der Waals surface area contributed by atoms with Crippen LogP contribution in [0.3, 0.4) is 0 Å². The molecule has 0 radical (unpaired) electrons. The maximum atomic E-state index is 12.3. The van der Waals surface area contributed by atoms with Crippen LogP contribution in [-0.2, 0) is 16.6 Å². The van der Waals surface area contributed by atoms with Gasteiger partial charge in [-0.25, -0.2) is 8.42 Å². The summed E-state index contributed by atoms with van der Waals surface area (Å²) in [6.07, 6.45) is 0. The highest BCUT2D eigenvalue weighted by Gasteiger charge is 2.16. The average molecular weight is 306 g/mol. The molecule has 0 fully saturated rings. The monoisotopic (exact) mass is 306 g/mol. The van der Waals surface area contributed by atoms with Gasteiger partial charge in [0.15, 0.2) is 0 Å². The quantitative estimate of drug-likeness (QED) is 0.858. The average Bonchev–Trinajstić information content (AvgIpc) is 2.48. The zero-order valence-electron chi connectivity index (χ0n) is 11.7. The number of hydrogen-bond acceptors (Lipinski definition) is 4. The van der Waals surface area contributed by atoms with Crippen molar-refractivity contribution in [3.63, 3.8) is 0 Å². The van der Waals surface area contributed by atoms with Gasteiger partial charge in [-0.1, -0.05) is 18.2 Å². The van der Waals surface area contributed by atoms with Gasteiger partial charge in [0.05, 0.1) is 11.5 Å². The lowest BCUT2D eigenvalue weighted by molar-refractivity contribution is 0.336. The highest BCUT2D eigenvalue weighted by Crippen LogP contribution is 2.24. The van der Waals surface area contributed by atoms with Gasteiger partial charge in [0, 0.05) is 17.8 Å². The molecule has 0 spiro atoms. The number of ether oxygens (including phenoxy) is 1. The molecule has 0 saturated carbocycles. The number of hydrogen-bond donors (Lipinski definition) is 2. The van der Waals surface area contributed by atoms with Gasteiger partial charge in [-0.3, -0.25) is 4.72 Å². The van der Waals surface area contributed by atoms with E-state index in [1.165, 1.54) is 12.1 Å². The molecule has 0 unspecified atom stereocenters. The molecular weight excluding hydrogens is 288 g/mol. The highest BCUT2D eigenvalue weighted by atomic mass is 32.2. The summed E-state index contributed by atoms with van der Waals surface area (Å²) in [6.45, 7) is 2.58. The van der Waals surface area contributed by atoms with Crippen LogP contribution in [0.2, 0.25) is 0 Å². The van der Waals surface area contributed by atoms with Crippen molar-refractivity contribution in [1.82, 2.24) is 0 Å². The second-order valence-electron chi connectivity index (χ2n) is 4.38. The van der Waals surface area contributed by atoms with E-state index in [2.05, 4.69) is 4.72 Å². The molecule has 0 saturated heterocycles. The van der Waals surface area contributed by atoms with Gasteiger partial charge in [0.2, 0.25) is 0 Å². The topological polar surface area (TPSA) is 81.4 Å². The molecule has 2 aromatic carbocycles. The zero-order chi connectivity index (χ0) is 15.3. The van der Waals surface area contributed by atoms with Gasteiger partial charge in [-0.15, -0.1) is 0 Å². The van der Waals surface area contributed by atoms with E-state index >= 15 is 0 Å². The number of anilines is 1. The van der Waals surface area contributed by atoms with Crippen molar-refractivity contribution in [3.8, 4) is 5.75 Å². The van der Waals surface area contributed by atoms with Crippen molar-refractivity contribution >= 4 is 15.7 Å². The zero-order valence-corrected chi connectivity index (χ0v) is 12.6. The first-order valence-electron chi connectivity index (χ1n) is 6.60. The number of rotatable bonds is 6. The molecule has 0 aromatic heterocycles. The molecule has 21 heavy (non-hydrogen) atoms. The van der Waals surface area contributed by atoms with Crippen molar-refractivity contribution in [1.29, 1.82) is 0 Å². The molecule has 3 N–H and O–H groups in total. The van der Waals surface area contributed by atoms with Gasteiger partial charge in [-0.2, -0.15) is 0 Å². The Balaban J connectivity index is 2.32. The van der Waals surface area contributed by atoms with Crippen LogP contribution >= 0.6 is 0 Å². The molecule has 0 aliphatic heterocycles. The molecule has 6 heteroatoms. The van der Waals surface area contributed by atoms with E-state index in [1.54, 1.807) is 30.3 Å². The minimum atomic E-state index is -3.64. The third-order valence-corrected chi connectivity index (χ3v) is 4.27. The van der Waals surface area contributed by atoms with Crippen LogP contribution in [0, 0.1) is 0 Å². The summed E-state index contributed by atoms with van der Waals surface area (Å²) in [5, 5.41) is 0. The van der Waals surface area contributed by atoms with E-state index in [0.29, 0.717) is 23.6 Å². The lowest BCUT2D eigenvalue weighted by Crippen LogP contribution is -2.14. The minimum absolute atomic E-state index is 0.162. The fourth-order valence-corrected chi connectivity index (χ4v) is 3.01. The summed E-state index contributed by atoms with van der Waals surface area (Å²) in [4.78, 5) is 0.162. The first-order valence-corrected chi connectivity index (χ1v) is 8.09. The van der Waals surface area contributed by atoms with Crippen LogP contribution in [0.25, 0.3) is 0 Å². The van der Waals surface area contributed by atoms with Crippen LogP contribution in [0.1, 0.15) is 12.5 Å². The molecule has 2 aromatic rings. The van der Waals surface area contributed by atoms with Crippen LogP contribution in [0.4, 0.5) is 5.69 Å². The fraction of sp³-hybridized carbons (Fsp3) is 0.200. The second-order valence-corrected chi connectivity index (χ2v) is 6.06. The Morgan fingerprint density at radius 3 is 2.48 bits per heavy atom. The van der Waals surface area contributed by atoms with Crippen LogP contribution in [-0.4, -0.2) is 15.0 Å². The van der Waals surface area contributed by atoms with Gasteiger partial charge in [-0.05, 0) is 37.3 Å².